The molecule has 0 aromatic heterocycles. The van der Waals surface area contributed by atoms with Crippen LogP contribution >= 0.6 is 0 Å². The predicted molar refractivity (Wildman–Crippen MR) is 42.6 cm³/mol. The Bertz CT molecular complexity index is 203. The molecule has 0 atom stereocenters. The smallest absolute Gasteiger partial charge is 0.125 e. The summed E-state index contributed by atoms with van der Waals surface area (Å²) in [5.74, 6) is 0.676. The standard InChI is InChI=1S/C7H13N3/c1-5-6(2)10(3)4-9-7(5)8/h4H2,1-3H3,(H2,8,9). The van der Waals surface area contributed by atoms with Crippen LogP contribution in [0, 0.1) is 0 Å². The maximum Gasteiger partial charge on any atom is 0.125 e. The van der Waals surface area contributed by atoms with E-state index in [0.717, 1.165) is 5.57 Å². The first-order chi connectivity index (χ1) is 4.63. The van der Waals surface area contributed by atoms with Gasteiger partial charge in [-0.1, -0.05) is 0 Å². The lowest BCUT2D eigenvalue weighted by molar-refractivity contribution is 0.423. The van der Waals surface area contributed by atoms with E-state index in [9.17, 15) is 0 Å². The minimum absolute atomic E-state index is 0.676. The highest BCUT2D eigenvalue weighted by Gasteiger charge is 2.10. The van der Waals surface area contributed by atoms with Crippen molar-refractivity contribution in [1.29, 1.82) is 0 Å². The maximum atomic E-state index is 5.60. The zero-order valence-electron chi connectivity index (χ0n) is 6.68. The molecule has 0 spiro atoms. The van der Waals surface area contributed by atoms with Crippen LogP contribution < -0.4 is 5.73 Å². The molecule has 0 unspecified atom stereocenters. The molecule has 10 heavy (non-hydrogen) atoms. The third-order valence-corrected chi connectivity index (χ3v) is 1.95. The Labute approximate surface area is 61.2 Å². The summed E-state index contributed by atoms with van der Waals surface area (Å²) in [7, 11) is 2.01. The average molecular weight is 139 g/mol. The van der Waals surface area contributed by atoms with Gasteiger partial charge in [-0.05, 0) is 13.8 Å². The molecule has 1 aliphatic rings. The lowest BCUT2D eigenvalue weighted by Crippen LogP contribution is -2.28. The van der Waals surface area contributed by atoms with Crippen molar-refractivity contribution in [3.8, 4) is 0 Å². The molecule has 56 valence electrons. The minimum atomic E-state index is 0.676. The molecule has 1 aliphatic heterocycles. The number of nitrogens with zero attached hydrogens (tertiary/aromatic N) is 2. The van der Waals surface area contributed by atoms with E-state index in [1.807, 2.05) is 14.0 Å². The monoisotopic (exact) mass is 139 g/mol. The molecular formula is C7H13N3. The van der Waals surface area contributed by atoms with Gasteiger partial charge in [0.05, 0.1) is 0 Å². The summed E-state index contributed by atoms with van der Waals surface area (Å²) in [6.07, 6.45) is 0. The van der Waals surface area contributed by atoms with Crippen molar-refractivity contribution in [3.05, 3.63) is 11.3 Å². The zero-order chi connectivity index (χ0) is 7.72. The number of hydrogen-bond acceptors (Lipinski definition) is 3. The van der Waals surface area contributed by atoms with Gasteiger partial charge >= 0.3 is 0 Å². The summed E-state index contributed by atoms with van der Waals surface area (Å²) in [6.45, 7) is 4.73. The zero-order valence-corrected chi connectivity index (χ0v) is 6.68. The summed E-state index contributed by atoms with van der Waals surface area (Å²) in [6, 6.07) is 0. The molecule has 0 aliphatic carbocycles. The first kappa shape index (κ1) is 7.12. The number of allylic oxidation sites excluding steroid dienone is 1. The number of rotatable bonds is 0. The molecule has 0 aromatic rings. The molecule has 1 rings (SSSR count). The number of amidine groups is 1. The first-order valence-corrected chi connectivity index (χ1v) is 3.32. The summed E-state index contributed by atoms with van der Waals surface area (Å²) < 4.78 is 0. The van der Waals surface area contributed by atoms with E-state index in [-0.39, 0.29) is 0 Å². The predicted octanol–water partition coefficient (Wildman–Crippen LogP) is 0.540. The Morgan fingerprint density at radius 3 is 2.60 bits per heavy atom. The second-order valence-electron chi connectivity index (χ2n) is 2.59. The Balaban J connectivity index is 2.94. The molecule has 0 amide bonds. The fraction of sp³-hybridized carbons (Fsp3) is 0.571. The van der Waals surface area contributed by atoms with Crippen LogP contribution in [0.2, 0.25) is 0 Å². The molecule has 0 radical (unpaired) electrons. The quantitative estimate of drug-likeness (QED) is 0.532. The van der Waals surface area contributed by atoms with Crippen LogP contribution in [0.3, 0.4) is 0 Å². The lowest BCUT2D eigenvalue weighted by Gasteiger charge is -2.24. The molecule has 0 bridgehead atoms. The van der Waals surface area contributed by atoms with Crippen molar-refractivity contribution in [2.75, 3.05) is 13.7 Å². The van der Waals surface area contributed by atoms with E-state index in [4.69, 9.17) is 5.73 Å². The summed E-state index contributed by atoms with van der Waals surface area (Å²) in [5.41, 5.74) is 7.90. The molecule has 0 fully saturated rings. The second-order valence-corrected chi connectivity index (χ2v) is 2.59. The first-order valence-electron chi connectivity index (χ1n) is 3.32. The third kappa shape index (κ3) is 0.988. The third-order valence-electron chi connectivity index (χ3n) is 1.95. The Hall–Kier alpha value is -0.990. The normalized spacial score (nSPS) is 19.5. The minimum Gasteiger partial charge on any atom is -0.384 e. The fourth-order valence-electron chi connectivity index (χ4n) is 0.879. The maximum absolute atomic E-state index is 5.60. The van der Waals surface area contributed by atoms with Crippen molar-refractivity contribution in [2.45, 2.75) is 13.8 Å². The van der Waals surface area contributed by atoms with Gasteiger partial charge in [0.25, 0.3) is 0 Å². The van der Waals surface area contributed by atoms with Gasteiger partial charge in [-0.3, -0.25) is 0 Å². The van der Waals surface area contributed by atoms with Crippen molar-refractivity contribution >= 4 is 5.84 Å². The topological polar surface area (TPSA) is 41.6 Å². The summed E-state index contributed by atoms with van der Waals surface area (Å²) in [5, 5.41) is 0. The Kier molecular flexibility index (Phi) is 1.66. The molecular weight excluding hydrogens is 126 g/mol. The highest BCUT2D eigenvalue weighted by atomic mass is 15.2. The molecule has 3 nitrogen and oxygen atoms in total. The molecule has 3 heteroatoms. The Morgan fingerprint density at radius 1 is 1.50 bits per heavy atom. The molecule has 0 saturated carbocycles. The van der Waals surface area contributed by atoms with Gasteiger partial charge in [-0.25, -0.2) is 4.99 Å². The van der Waals surface area contributed by atoms with E-state index in [2.05, 4.69) is 16.8 Å². The Morgan fingerprint density at radius 2 is 2.10 bits per heavy atom. The van der Waals surface area contributed by atoms with Crippen LogP contribution in [-0.4, -0.2) is 24.5 Å². The van der Waals surface area contributed by atoms with Gasteiger partial charge in [0, 0.05) is 18.3 Å². The van der Waals surface area contributed by atoms with Gasteiger partial charge in [-0.15, -0.1) is 0 Å². The van der Waals surface area contributed by atoms with Crippen LogP contribution in [0.25, 0.3) is 0 Å². The molecule has 0 saturated heterocycles. The van der Waals surface area contributed by atoms with Gasteiger partial charge in [0.2, 0.25) is 0 Å². The number of hydrogen-bond donors (Lipinski definition) is 1. The van der Waals surface area contributed by atoms with Crippen LogP contribution in [0.15, 0.2) is 16.3 Å². The highest BCUT2D eigenvalue weighted by molar-refractivity contribution is 5.97. The van der Waals surface area contributed by atoms with E-state index >= 15 is 0 Å². The van der Waals surface area contributed by atoms with E-state index < -0.39 is 0 Å². The molecule has 1 heterocycles. The number of nitrogens with two attached hydrogens (primary N) is 1. The summed E-state index contributed by atoms with van der Waals surface area (Å²) >= 11 is 0. The fourth-order valence-corrected chi connectivity index (χ4v) is 0.879. The van der Waals surface area contributed by atoms with Gasteiger partial charge in [0.1, 0.15) is 12.5 Å². The SMILES string of the molecule is CC1=C(C)N(C)CN=C1N. The van der Waals surface area contributed by atoms with Gasteiger partial charge in [-0.2, -0.15) is 0 Å². The van der Waals surface area contributed by atoms with E-state index in [1.165, 1.54) is 5.70 Å². The molecule has 0 aromatic carbocycles. The van der Waals surface area contributed by atoms with Crippen molar-refractivity contribution in [3.63, 3.8) is 0 Å². The lowest BCUT2D eigenvalue weighted by atomic mass is 10.2. The van der Waals surface area contributed by atoms with Crippen LogP contribution in [0.5, 0.6) is 0 Å². The van der Waals surface area contributed by atoms with E-state index in [0.29, 0.717) is 12.5 Å². The molecule has 2 N–H and O–H groups in total. The van der Waals surface area contributed by atoms with Crippen LogP contribution in [0.4, 0.5) is 0 Å². The van der Waals surface area contributed by atoms with Crippen molar-refractivity contribution < 1.29 is 0 Å². The van der Waals surface area contributed by atoms with Gasteiger partial charge < -0.3 is 10.6 Å². The van der Waals surface area contributed by atoms with Crippen molar-refractivity contribution in [2.24, 2.45) is 10.7 Å². The second kappa shape index (κ2) is 2.33. The average Bonchev–Trinajstić information content (AvgIpc) is 1.93. The van der Waals surface area contributed by atoms with E-state index in [1.54, 1.807) is 0 Å². The highest BCUT2D eigenvalue weighted by Crippen LogP contribution is 2.11. The largest absolute Gasteiger partial charge is 0.384 e. The van der Waals surface area contributed by atoms with Crippen molar-refractivity contribution in [1.82, 2.24) is 4.90 Å². The summed E-state index contributed by atoms with van der Waals surface area (Å²) in [4.78, 5) is 6.18. The van der Waals surface area contributed by atoms with Crippen LogP contribution in [0.1, 0.15) is 13.8 Å². The number of aliphatic imine (C=N–C) groups is 1. The van der Waals surface area contributed by atoms with Gasteiger partial charge in [0.15, 0.2) is 0 Å². The van der Waals surface area contributed by atoms with Crippen LogP contribution in [-0.2, 0) is 0 Å².